The first-order valence-electron chi connectivity index (χ1n) is 50.0. The van der Waals surface area contributed by atoms with Crippen molar-refractivity contribution in [1.82, 2.24) is 10.2 Å². The second-order valence-corrected chi connectivity index (χ2v) is 34.8. The van der Waals surface area contributed by atoms with E-state index in [0.717, 1.165) is 135 Å². The van der Waals surface area contributed by atoms with Gasteiger partial charge in [-0.3, -0.25) is 14.4 Å². The van der Waals surface area contributed by atoms with Crippen LogP contribution in [0.4, 0.5) is 0 Å². The Morgan fingerprint density at radius 3 is 0.804 bits per heavy atom. The van der Waals surface area contributed by atoms with Gasteiger partial charge in [0.2, 0.25) is 0 Å². The zero-order valence-corrected chi connectivity index (χ0v) is 76.6. The van der Waals surface area contributed by atoms with Crippen LogP contribution in [-0.4, -0.2) is 121 Å². The number of esters is 3. The van der Waals surface area contributed by atoms with E-state index in [2.05, 4.69) is 72.2 Å². The standard InChI is InChI=1S/C100H196N2O10/c1-10-18-26-34-38-51-69-93(65-47-30-22-14-5)88-109-92(9)64-46-42-55-73-97(74-56-43-57-75-98(103)110-89-94(66-48-31-23-15-6)70-52-39-35-27-19-11-2)101-78-62-82-106-84-86-108-87-85-107-83-63-81-102(79-60-44-58-76-99(104)111-90-95(67-49-32-24-16-7)71-53-40-36-28-20-12-3)80-61-45-59-77-100(105)112-91-96(68-50-33-25-17-8)72-54-41-37-29-21-13-4/h93-97,101H,9-91H2,1-8H3. The number of ether oxygens (including phenoxy) is 7. The lowest BCUT2D eigenvalue weighted by atomic mass is 9.95. The van der Waals surface area contributed by atoms with Crippen molar-refractivity contribution in [2.45, 2.75) is 498 Å². The molecule has 12 heteroatoms. The predicted octanol–water partition coefficient (Wildman–Crippen LogP) is 29.6. The van der Waals surface area contributed by atoms with Crippen LogP contribution in [-0.2, 0) is 47.5 Å². The molecule has 0 radical (unpaired) electrons. The highest BCUT2D eigenvalue weighted by Crippen LogP contribution is 2.26. The highest BCUT2D eigenvalue weighted by atomic mass is 16.5. The van der Waals surface area contributed by atoms with Gasteiger partial charge in [0.1, 0.15) is 0 Å². The van der Waals surface area contributed by atoms with Crippen LogP contribution < -0.4 is 5.32 Å². The molecule has 666 valence electrons. The van der Waals surface area contributed by atoms with Gasteiger partial charge in [0.25, 0.3) is 0 Å². The minimum Gasteiger partial charge on any atom is -0.498 e. The first kappa shape index (κ1) is 110. The van der Waals surface area contributed by atoms with Crippen molar-refractivity contribution in [2.75, 3.05) is 92.2 Å². The number of carbonyl (C=O) groups excluding carboxylic acids is 3. The van der Waals surface area contributed by atoms with E-state index >= 15 is 0 Å². The second-order valence-electron chi connectivity index (χ2n) is 34.8. The molecule has 0 aromatic carbocycles. The molecule has 0 rings (SSSR count). The first-order chi connectivity index (χ1) is 55.1. The van der Waals surface area contributed by atoms with E-state index in [4.69, 9.17) is 33.2 Å². The van der Waals surface area contributed by atoms with Crippen LogP contribution in [0.25, 0.3) is 0 Å². The fourth-order valence-corrected chi connectivity index (χ4v) is 16.1. The van der Waals surface area contributed by atoms with Gasteiger partial charge >= 0.3 is 17.9 Å². The van der Waals surface area contributed by atoms with Crippen LogP contribution in [0.1, 0.15) is 492 Å². The molecule has 112 heavy (non-hydrogen) atoms. The van der Waals surface area contributed by atoms with Crippen molar-refractivity contribution in [3.05, 3.63) is 12.3 Å². The molecule has 1 N–H and O–H groups in total. The second kappa shape index (κ2) is 91.1. The van der Waals surface area contributed by atoms with Gasteiger partial charge in [-0.25, -0.2) is 0 Å². The Balaban J connectivity index is 5.32. The molecule has 0 fully saturated rings. The van der Waals surface area contributed by atoms with Gasteiger partial charge in [-0.15, -0.1) is 0 Å². The van der Waals surface area contributed by atoms with Gasteiger partial charge in [0.15, 0.2) is 0 Å². The SMILES string of the molecule is C=C(CCCCCC(CCCCCC(=O)OCC(CCCCCC)CCCCCCCC)NCCCOCCOCCOCCCN(CCCCCC(=O)OCC(CCCCCC)CCCCCCCC)CCCCCC(=O)OCC(CCCCCC)CCCCCCCC)OCC(CCCCCC)CCCCCCCC. The van der Waals surface area contributed by atoms with Gasteiger partial charge in [0.05, 0.1) is 58.6 Å². The van der Waals surface area contributed by atoms with Gasteiger partial charge in [-0.05, 0) is 159 Å². The molecule has 0 aliphatic carbocycles. The molecule has 5 unspecified atom stereocenters. The molecular weight excluding hydrogens is 1390 g/mol. The molecular formula is C100H196N2O10. The fraction of sp³-hybridized carbons (Fsp3) is 0.950. The first-order valence-corrected chi connectivity index (χ1v) is 50.0. The summed E-state index contributed by atoms with van der Waals surface area (Å²) in [6.07, 6.45) is 80.9. The highest BCUT2D eigenvalue weighted by Gasteiger charge is 2.18. The molecule has 0 aromatic heterocycles. The van der Waals surface area contributed by atoms with E-state index in [0.29, 0.717) is 108 Å². The number of nitrogens with one attached hydrogen (secondary N) is 1. The molecule has 12 nitrogen and oxygen atoms in total. The summed E-state index contributed by atoms with van der Waals surface area (Å²) in [5.41, 5.74) is 0. The van der Waals surface area contributed by atoms with Gasteiger partial charge in [0, 0.05) is 51.5 Å². The number of unbranched alkanes of at least 4 members (excludes halogenated alkanes) is 40. The molecule has 0 aromatic rings. The largest absolute Gasteiger partial charge is 0.498 e. The van der Waals surface area contributed by atoms with E-state index in [1.54, 1.807) is 0 Å². The monoisotopic (exact) mass is 1590 g/mol. The van der Waals surface area contributed by atoms with E-state index in [1.165, 1.54) is 321 Å². The summed E-state index contributed by atoms with van der Waals surface area (Å²) in [6.45, 7) is 32.8. The molecule has 0 saturated carbocycles. The number of allylic oxidation sites excluding steroid dienone is 1. The molecule has 0 bridgehead atoms. The maximum absolute atomic E-state index is 13.1. The normalized spacial score (nSPS) is 13.1. The zero-order valence-electron chi connectivity index (χ0n) is 76.6. The summed E-state index contributed by atoms with van der Waals surface area (Å²) in [4.78, 5) is 41.7. The third-order valence-corrected chi connectivity index (χ3v) is 23.7. The number of hydrogen-bond acceptors (Lipinski definition) is 12. The number of rotatable bonds is 96. The maximum Gasteiger partial charge on any atom is 0.305 e. The quantitative estimate of drug-likeness (QED) is 0.0269. The Hall–Kier alpha value is -2.25. The lowest BCUT2D eigenvalue weighted by Gasteiger charge is -2.22. The lowest BCUT2D eigenvalue weighted by molar-refractivity contribution is -0.146. The Morgan fingerprint density at radius 2 is 0.482 bits per heavy atom. The van der Waals surface area contributed by atoms with Crippen molar-refractivity contribution in [2.24, 2.45) is 23.7 Å². The Bertz CT molecular complexity index is 1660. The smallest absolute Gasteiger partial charge is 0.305 e. The van der Waals surface area contributed by atoms with Crippen LogP contribution in [0, 0.1) is 23.7 Å². The lowest BCUT2D eigenvalue weighted by Crippen LogP contribution is -2.30. The molecule has 0 spiro atoms. The summed E-state index contributed by atoms with van der Waals surface area (Å²) in [5, 5.41) is 3.92. The Kier molecular flexibility index (Phi) is 89.2. The number of nitrogens with zero attached hydrogens (tertiary/aromatic N) is 1. The minimum absolute atomic E-state index is 0.00366. The van der Waals surface area contributed by atoms with Crippen molar-refractivity contribution < 1.29 is 47.5 Å². The maximum atomic E-state index is 13.1. The molecule has 0 amide bonds. The van der Waals surface area contributed by atoms with E-state index in [9.17, 15) is 14.4 Å². The summed E-state index contributed by atoms with van der Waals surface area (Å²) in [6, 6.07) is 0.450. The third-order valence-electron chi connectivity index (χ3n) is 23.7. The number of hydrogen-bond donors (Lipinski definition) is 1. The van der Waals surface area contributed by atoms with Crippen LogP contribution in [0.3, 0.4) is 0 Å². The fourth-order valence-electron chi connectivity index (χ4n) is 16.1. The van der Waals surface area contributed by atoms with E-state index < -0.39 is 0 Å². The van der Waals surface area contributed by atoms with Crippen molar-refractivity contribution >= 4 is 17.9 Å². The molecule has 0 aliphatic heterocycles. The summed E-state index contributed by atoms with van der Waals surface area (Å²) in [5.74, 6) is 3.07. The van der Waals surface area contributed by atoms with Crippen molar-refractivity contribution in [1.29, 1.82) is 0 Å². The topological polar surface area (TPSA) is 131 Å². The van der Waals surface area contributed by atoms with Gasteiger partial charge in [-0.1, -0.05) is 357 Å². The molecule has 0 aliphatic rings. The number of carbonyl (C=O) groups is 3. The third kappa shape index (κ3) is 81.5. The van der Waals surface area contributed by atoms with Crippen LogP contribution in [0.5, 0.6) is 0 Å². The minimum atomic E-state index is -0.0229. The Labute approximate surface area is 698 Å². The van der Waals surface area contributed by atoms with Gasteiger partial charge < -0.3 is 43.4 Å². The zero-order chi connectivity index (χ0) is 81.4. The Morgan fingerprint density at radius 1 is 0.250 bits per heavy atom. The van der Waals surface area contributed by atoms with Crippen molar-refractivity contribution in [3.8, 4) is 0 Å². The average Bonchev–Trinajstić information content (AvgIpc) is 1.000. The average molecular weight is 1590 g/mol. The molecule has 0 heterocycles. The van der Waals surface area contributed by atoms with Crippen LogP contribution >= 0.6 is 0 Å². The summed E-state index contributed by atoms with van der Waals surface area (Å²) < 4.78 is 42.5. The van der Waals surface area contributed by atoms with Crippen LogP contribution in [0.15, 0.2) is 12.3 Å². The predicted molar refractivity (Wildman–Crippen MR) is 482 cm³/mol. The summed E-state index contributed by atoms with van der Waals surface area (Å²) >= 11 is 0. The van der Waals surface area contributed by atoms with Crippen molar-refractivity contribution in [3.63, 3.8) is 0 Å². The van der Waals surface area contributed by atoms with Gasteiger partial charge in [-0.2, -0.15) is 0 Å². The molecule has 0 saturated heterocycles. The molecule has 5 atom stereocenters. The van der Waals surface area contributed by atoms with E-state index in [1.807, 2.05) is 0 Å². The van der Waals surface area contributed by atoms with E-state index in [-0.39, 0.29) is 17.9 Å². The highest BCUT2D eigenvalue weighted by molar-refractivity contribution is 5.70. The summed E-state index contributed by atoms with van der Waals surface area (Å²) in [7, 11) is 0. The van der Waals surface area contributed by atoms with Crippen LogP contribution in [0.2, 0.25) is 0 Å².